The fourth-order valence-electron chi connectivity index (χ4n) is 2.67. The number of benzene rings is 2. The first-order valence-electron chi connectivity index (χ1n) is 7.09. The predicted molar refractivity (Wildman–Crippen MR) is 94.9 cm³/mol. The molecule has 0 unspecified atom stereocenters. The van der Waals surface area contributed by atoms with Crippen LogP contribution in [0.4, 0.5) is 18.9 Å². The maximum absolute atomic E-state index is 13.0. The van der Waals surface area contributed by atoms with Crippen LogP contribution in [-0.4, -0.2) is 5.17 Å². The molecule has 7 heteroatoms. The van der Waals surface area contributed by atoms with E-state index in [2.05, 4.69) is 21.2 Å². The summed E-state index contributed by atoms with van der Waals surface area (Å²) in [4.78, 5) is 0. The highest BCUT2D eigenvalue weighted by atomic mass is 79.9. The van der Waals surface area contributed by atoms with Crippen LogP contribution in [0, 0.1) is 0 Å². The lowest BCUT2D eigenvalue weighted by atomic mass is 9.91. The fraction of sp³-hybridized carbons (Fsp3) is 0.235. The Bertz CT molecular complexity index is 833. The zero-order chi connectivity index (χ0) is 17.7. The van der Waals surface area contributed by atoms with E-state index >= 15 is 0 Å². The number of halogens is 4. The van der Waals surface area contributed by atoms with E-state index in [4.69, 9.17) is 17.0 Å². The van der Waals surface area contributed by atoms with Gasteiger partial charge in [-0.2, -0.15) is 13.2 Å². The van der Waals surface area contributed by atoms with Gasteiger partial charge in [0, 0.05) is 15.7 Å². The summed E-state index contributed by atoms with van der Waals surface area (Å²) in [6, 6.07) is 9.25. The number of rotatable bonds is 1. The smallest absolute Gasteiger partial charge is 0.416 e. The summed E-state index contributed by atoms with van der Waals surface area (Å²) in [6.45, 7) is 3.73. The van der Waals surface area contributed by atoms with Gasteiger partial charge in [0.15, 0.2) is 0 Å². The predicted octanol–water partition coefficient (Wildman–Crippen LogP) is 6.10. The van der Waals surface area contributed by atoms with Crippen LogP contribution < -0.4 is 5.32 Å². The Labute approximate surface area is 151 Å². The van der Waals surface area contributed by atoms with Crippen molar-refractivity contribution in [3.8, 4) is 11.1 Å². The molecular formula is C17H13BrF3NOS. The van der Waals surface area contributed by atoms with E-state index in [1.807, 2.05) is 19.9 Å². The molecule has 2 aromatic rings. The standard InChI is InChI=1S/C17H13BrF3NOS/c1-16(2)13-7-9(3-4-14(13)22-15(24)23-16)10-5-11(17(19,20)21)8-12(18)6-10/h3-8H,1-2H3,(H,22,24). The van der Waals surface area contributed by atoms with Crippen LogP contribution in [0.5, 0.6) is 0 Å². The van der Waals surface area contributed by atoms with Gasteiger partial charge >= 0.3 is 6.18 Å². The summed E-state index contributed by atoms with van der Waals surface area (Å²) < 4.78 is 45.1. The van der Waals surface area contributed by atoms with E-state index in [0.717, 1.165) is 23.4 Å². The van der Waals surface area contributed by atoms with E-state index < -0.39 is 17.3 Å². The molecule has 0 radical (unpaired) electrons. The van der Waals surface area contributed by atoms with E-state index in [1.54, 1.807) is 18.2 Å². The molecule has 0 spiro atoms. The molecule has 24 heavy (non-hydrogen) atoms. The van der Waals surface area contributed by atoms with Gasteiger partial charge in [0.2, 0.25) is 0 Å². The second-order valence-electron chi connectivity index (χ2n) is 6.01. The Balaban J connectivity index is 2.12. The number of ether oxygens (including phenoxy) is 1. The molecule has 0 atom stereocenters. The lowest BCUT2D eigenvalue weighted by Gasteiger charge is -2.34. The molecule has 0 aliphatic carbocycles. The zero-order valence-electron chi connectivity index (χ0n) is 12.8. The van der Waals surface area contributed by atoms with Crippen LogP contribution in [0.15, 0.2) is 40.9 Å². The maximum atomic E-state index is 13.0. The number of anilines is 1. The zero-order valence-corrected chi connectivity index (χ0v) is 15.2. The summed E-state index contributed by atoms with van der Waals surface area (Å²) in [5.41, 5.74) is 1.43. The molecule has 0 fully saturated rings. The van der Waals surface area contributed by atoms with Gasteiger partial charge in [0.25, 0.3) is 5.17 Å². The van der Waals surface area contributed by atoms with E-state index in [1.165, 1.54) is 0 Å². The highest BCUT2D eigenvalue weighted by Crippen LogP contribution is 2.40. The molecule has 1 N–H and O–H groups in total. The van der Waals surface area contributed by atoms with Crippen LogP contribution in [0.1, 0.15) is 25.0 Å². The first-order chi connectivity index (χ1) is 11.1. The van der Waals surface area contributed by atoms with Gasteiger partial charge in [-0.25, -0.2) is 0 Å². The second-order valence-corrected chi connectivity index (χ2v) is 7.30. The Kier molecular flexibility index (Phi) is 4.12. The van der Waals surface area contributed by atoms with Crippen LogP contribution in [-0.2, 0) is 16.5 Å². The van der Waals surface area contributed by atoms with Gasteiger partial charge in [-0.15, -0.1) is 0 Å². The van der Waals surface area contributed by atoms with Crippen LogP contribution in [0.2, 0.25) is 0 Å². The summed E-state index contributed by atoms with van der Waals surface area (Å²) in [5.74, 6) is 0. The number of hydrogen-bond donors (Lipinski definition) is 1. The third-order valence-corrected chi connectivity index (χ3v) is 4.45. The van der Waals surface area contributed by atoms with Crippen molar-refractivity contribution in [2.75, 3.05) is 5.32 Å². The molecule has 1 aliphatic rings. The van der Waals surface area contributed by atoms with Crippen molar-refractivity contribution in [3.05, 3.63) is 52.0 Å². The van der Waals surface area contributed by atoms with Gasteiger partial charge in [0.1, 0.15) is 5.60 Å². The molecule has 0 saturated heterocycles. The number of thiocarbonyl (C=S) groups is 1. The summed E-state index contributed by atoms with van der Waals surface area (Å²) >= 11 is 8.22. The Morgan fingerprint density at radius 2 is 1.79 bits per heavy atom. The molecule has 3 rings (SSSR count). The average molecular weight is 416 g/mol. The summed E-state index contributed by atoms with van der Waals surface area (Å²) in [7, 11) is 0. The van der Waals surface area contributed by atoms with Gasteiger partial charge in [-0.3, -0.25) is 0 Å². The number of nitrogens with one attached hydrogen (secondary N) is 1. The molecule has 0 aromatic heterocycles. The molecular weight excluding hydrogens is 403 g/mol. The van der Waals surface area contributed by atoms with Crippen LogP contribution in [0.25, 0.3) is 11.1 Å². The molecule has 0 amide bonds. The summed E-state index contributed by atoms with van der Waals surface area (Å²) in [6.07, 6.45) is -4.40. The minimum Gasteiger partial charge on any atom is -0.460 e. The number of hydrogen-bond acceptors (Lipinski definition) is 2. The molecule has 2 nitrogen and oxygen atoms in total. The lowest BCUT2D eigenvalue weighted by Crippen LogP contribution is -2.34. The highest BCUT2D eigenvalue weighted by molar-refractivity contribution is 9.10. The SMILES string of the molecule is CC1(C)OC(=S)Nc2ccc(-c3cc(Br)cc(C(F)(F)F)c3)cc21. The van der Waals surface area contributed by atoms with Crippen LogP contribution in [0.3, 0.4) is 0 Å². The average Bonchev–Trinajstić information content (AvgIpc) is 2.44. The van der Waals surface area contributed by atoms with Gasteiger partial charge < -0.3 is 10.1 Å². The van der Waals surface area contributed by atoms with Crippen molar-refractivity contribution in [1.82, 2.24) is 0 Å². The van der Waals surface area contributed by atoms with E-state index in [0.29, 0.717) is 15.6 Å². The lowest BCUT2D eigenvalue weighted by molar-refractivity contribution is -0.137. The van der Waals surface area contributed by atoms with Gasteiger partial charge in [0.05, 0.1) is 5.56 Å². The minimum atomic E-state index is -4.40. The summed E-state index contributed by atoms with van der Waals surface area (Å²) in [5, 5.41) is 3.24. The first kappa shape index (κ1) is 17.2. The highest BCUT2D eigenvalue weighted by Gasteiger charge is 2.33. The van der Waals surface area contributed by atoms with Gasteiger partial charge in [-0.05, 0) is 67.5 Å². The molecule has 126 valence electrons. The Hall–Kier alpha value is -1.60. The molecule has 2 aromatic carbocycles. The maximum Gasteiger partial charge on any atom is 0.416 e. The molecule has 0 bridgehead atoms. The van der Waals surface area contributed by atoms with E-state index in [-0.39, 0.29) is 5.17 Å². The van der Waals surface area contributed by atoms with Gasteiger partial charge in [-0.1, -0.05) is 22.0 Å². The Morgan fingerprint density at radius 1 is 1.08 bits per heavy atom. The first-order valence-corrected chi connectivity index (χ1v) is 8.29. The van der Waals surface area contributed by atoms with Crippen molar-refractivity contribution < 1.29 is 17.9 Å². The van der Waals surface area contributed by atoms with Crippen LogP contribution >= 0.6 is 28.1 Å². The second kappa shape index (κ2) is 5.74. The number of alkyl halides is 3. The van der Waals surface area contributed by atoms with Crippen molar-refractivity contribution in [3.63, 3.8) is 0 Å². The minimum absolute atomic E-state index is 0.280. The van der Waals surface area contributed by atoms with E-state index in [9.17, 15) is 13.2 Å². The molecule has 1 aliphatic heterocycles. The molecule has 0 saturated carbocycles. The monoisotopic (exact) mass is 415 g/mol. The Morgan fingerprint density at radius 3 is 2.46 bits per heavy atom. The van der Waals surface area contributed by atoms with Crippen molar-refractivity contribution in [2.45, 2.75) is 25.6 Å². The fourth-order valence-corrected chi connectivity index (χ4v) is 3.48. The largest absolute Gasteiger partial charge is 0.460 e. The molecule has 1 heterocycles. The normalized spacial score (nSPS) is 16.2. The van der Waals surface area contributed by atoms with Crippen molar-refractivity contribution in [2.24, 2.45) is 0 Å². The topological polar surface area (TPSA) is 21.3 Å². The van der Waals surface area contributed by atoms with Crippen molar-refractivity contribution >= 4 is 39.0 Å². The third-order valence-electron chi connectivity index (χ3n) is 3.81. The quantitative estimate of drug-likeness (QED) is 0.568. The number of fused-ring (bicyclic) bond motifs is 1. The van der Waals surface area contributed by atoms with Crippen molar-refractivity contribution in [1.29, 1.82) is 0 Å². The third kappa shape index (κ3) is 3.28.